The van der Waals surface area contributed by atoms with E-state index in [1.54, 1.807) is 0 Å². The molecule has 3 atom stereocenters. The summed E-state index contributed by atoms with van der Waals surface area (Å²) in [4.78, 5) is 14.7. The number of piperidine rings is 1. The van der Waals surface area contributed by atoms with Crippen molar-refractivity contribution in [2.75, 3.05) is 6.54 Å². The summed E-state index contributed by atoms with van der Waals surface area (Å²) in [6, 6.07) is 0.774. The average molecular weight is 275 g/mol. The molecule has 0 bridgehead atoms. The fourth-order valence-electron chi connectivity index (χ4n) is 3.40. The van der Waals surface area contributed by atoms with Crippen LogP contribution in [-0.4, -0.2) is 29.4 Å². The quantitative estimate of drug-likeness (QED) is 0.860. The first kappa shape index (κ1) is 15.8. The van der Waals surface area contributed by atoms with Crippen molar-refractivity contribution in [2.24, 2.45) is 11.7 Å². The Bertz CT molecular complexity index is 271. The topological polar surface area (TPSA) is 46.3 Å². The highest BCUT2D eigenvalue weighted by molar-refractivity contribution is 5.85. The van der Waals surface area contributed by atoms with Crippen molar-refractivity contribution in [2.45, 2.75) is 70.4 Å². The molecule has 0 aromatic rings. The normalized spacial score (nSPS) is 32.1. The number of halogens is 1. The van der Waals surface area contributed by atoms with Crippen molar-refractivity contribution >= 4 is 18.3 Å². The molecule has 1 saturated carbocycles. The monoisotopic (exact) mass is 274 g/mol. The van der Waals surface area contributed by atoms with Gasteiger partial charge in [0.05, 0.1) is 0 Å². The first-order valence-corrected chi connectivity index (χ1v) is 7.28. The molecule has 2 N–H and O–H groups in total. The van der Waals surface area contributed by atoms with Crippen LogP contribution in [0.1, 0.15) is 58.3 Å². The van der Waals surface area contributed by atoms with Gasteiger partial charge in [-0.1, -0.05) is 13.3 Å². The minimum atomic E-state index is 0. The zero-order chi connectivity index (χ0) is 12.3. The third kappa shape index (κ3) is 3.61. The minimum absolute atomic E-state index is 0. The number of hydrogen-bond donors (Lipinski definition) is 1. The van der Waals surface area contributed by atoms with Gasteiger partial charge >= 0.3 is 0 Å². The SMILES string of the molecule is CCCC1CCCCN1C(=O)C1CCC(N)C1.Cl. The number of likely N-dealkylation sites (tertiary alicyclic amines) is 1. The smallest absolute Gasteiger partial charge is 0.225 e. The third-order valence-electron chi connectivity index (χ3n) is 4.35. The molecule has 18 heavy (non-hydrogen) atoms. The van der Waals surface area contributed by atoms with Gasteiger partial charge in [0.1, 0.15) is 0 Å². The first-order valence-electron chi connectivity index (χ1n) is 7.28. The molecule has 2 rings (SSSR count). The van der Waals surface area contributed by atoms with Crippen molar-refractivity contribution in [3.05, 3.63) is 0 Å². The highest BCUT2D eigenvalue weighted by Crippen LogP contribution is 2.29. The van der Waals surface area contributed by atoms with E-state index in [1.807, 2.05) is 0 Å². The second-order valence-electron chi connectivity index (χ2n) is 5.74. The van der Waals surface area contributed by atoms with Gasteiger partial charge in [-0.25, -0.2) is 0 Å². The molecule has 2 aliphatic rings. The predicted molar refractivity (Wildman–Crippen MR) is 76.8 cm³/mol. The number of nitrogens with two attached hydrogens (primary N) is 1. The molecule has 1 heterocycles. The van der Waals surface area contributed by atoms with Crippen LogP contribution in [-0.2, 0) is 4.79 Å². The molecule has 106 valence electrons. The van der Waals surface area contributed by atoms with Crippen molar-refractivity contribution in [3.8, 4) is 0 Å². The van der Waals surface area contributed by atoms with E-state index >= 15 is 0 Å². The van der Waals surface area contributed by atoms with Crippen molar-refractivity contribution in [1.82, 2.24) is 4.90 Å². The number of carbonyl (C=O) groups is 1. The van der Waals surface area contributed by atoms with Gasteiger partial charge in [-0.2, -0.15) is 0 Å². The number of nitrogens with zero attached hydrogens (tertiary/aromatic N) is 1. The van der Waals surface area contributed by atoms with Gasteiger partial charge in [-0.15, -0.1) is 12.4 Å². The maximum Gasteiger partial charge on any atom is 0.225 e. The number of hydrogen-bond acceptors (Lipinski definition) is 2. The fraction of sp³-hybridized carbons (Fsp3) is 0.929. The maximum atomic E-state index is 12.5. The Morgan fingerprint density at radius 2 is 2.06 bits per heavy atom. The molecule has 2 fully saturated rings. The van der Waals surface area contributed by atoms with Crippen LogP contribution in [0, 0.1) is 5.92 Å². The standard InChI is InChI=1S/C14H26N2O.ClH/c1-2-5-13-6-3-4-9-16(13)14(17)11-7-8-12(15)10-11;/h11-13H,2-10,15H2,1H3;1H. The minimum Gasteiger partial charge on any atom is -0.339 e. The van der Waals surface area contributed by atoms with E-state index < -0.39 is 0 Å². The van der Waals surface area contributed by atoms with Crippen LogP contribution in [0.4, 0.5) is 0 Å². The summed E-state index contributed by atoms with van der Waals surface area (Å²) in [5.41, 5.74) is 5.92. The van der Waals surface area contributed by atoms with Crippen molar-refractivity contribution in [3.63, 3.8) is 0 Å². The van der Waals surface area contributed by atoms with Crippen LogP contribution in [0.5, 0.6) is 0 Å². The summed E-state index contributed by atoms with van der Waals surface area (Å²) in [6.45, 7) is 3.19. The Labute approximate surface area is 117 Å². The van der Waals surface area contributed by atoms with Gasteiger partial charge in [0, 0.05) is 24.5 Å². The van der Waals surface area contributed by atoms with Crippen LogP contribution >= 0.6 is 12.4 Å². The molecule has 0 spiro atoms. The van der Waals surface area contributed by atoms with Gasteiger partial charge in [-0.05, 0) is 44.9 Å². The molecule has 0 aromatic carbocycles. The van der Waals surface area contributed by atoms with E-state index in [4.69, 9.17) is 5.73 Å². The highest BCUT2D eigenvalue weighted by Gasteiger charge is 2.34. The fourth-order valence-corrected chi connectivity index (χ4v) is 3.40. The summed E-state index contributed by atoms with van der Waals surface area (Å²) in [6.07, 6.45) is 8.98. The molecule has 1 saturated heterocycles. The van der Waals surface area contributed by atoms with Gasteiger partial charge in [0.15, 0.2) is 0 Å². The molecule has 0 aromatic heterocycles. The van der Waals surface area contributed by atoms with E-state index in [0.29, 0.717) is 11.9 Å². The first-order chi connectivity index (χ1) is 8.22. The van der Waals surface area contributed by atoms with Crippen LogP contribution in [0.15, 0.2) is 0 Å². The number of rotatable bonds is 3. The molecule has 1 amide bonds. The largest absolute Gasteiger partial charge is 0.339 e. The molecule has 3 unspecified atom stereocenters. The average Bonchev–Trinajstić information content (AvgIpc) is 2.76. The van der Waals surface area contributed by atoms with Crippen LogP contribution < -0.4 is 5.73 Å². The molecular weight excluding hydrogens is 248 g/mol. The van der Waals surface area contributed by atoms with Gasteiger partial charge in [0.25, 0.3) is 0 Å². The second-order valence-corrected chi connectivity index (χ2v) is 5.74. The van der Waals surface area contributed by atoms with Gasteiger partial charge in [-0.3, -0.25) is 4.79 Å². The lowest BCUT2D eigenvalue weighted by Crippen LogP contribution is -2.46. The third-order valence-corrected chi connectivity index (χ3v) is 4.35. The molecule has 1 aliphatic carbocycles. The Kier molecular flexibility index (Phi) is 6.44. The lowest BCUT2D eigenvalue weighted by atomic mass is 9.95. The molecule has 0 radical (unpaired) electrons. The summed E-state index contributed by atoms with van der Waals surface area (Å²) in [5, 5.41) is 0. The van der Waals surface area contributed by atoms with Gasteiger partial charge < -0.3 is 10.6 Å². The molecule has 4 heteroatoms. The lowest BCUT2D eigenvalue weighted by Gasteiger charge is -2.37. The number of amides is 1. The Morgan fingerprint density at radius 3 is 2.67 bits per heavy atom. The Morgan fingerprint density at radius 1 is 1.28 bits per heavy atom. The summed E-state index contributed by atoms with van der Waals surface area (Å²) in [5.74, 6) is 0.624. The van der Waals surface area contributed by atoms with E-state index in [2.05, 4.69) is 11.8 Å². The van der Waals surface area contributed by atoms with Crippen LogP contribution in [0.25, 0.3) is 0 Å². The Balaban J connectivity index is 0.00000162. The van der Waals surface area contributed by atoms with E-state index in [9.17, 15) is 4.79 Å². The Hall–Kier alpha value is -0.280. The molecule has 1 aliphatic heterocycles. The summed E-state index contributed by atoms with van der Waals surface area (Å²) < 4.78 is 0. The summed E-state index contributed by atoms with van der Waals surface area (Å²) in [7, 11) is 0. The van der Waals surface area contributed by atoms with Gasteiger partial charge in [0.2, 0.25) is 5.91 Å². The zero-order valence-corrected chi connectivity index (χ0v) is 12.3. The second kappa shape index (κ2) is 7.34. The van der Waals surface area contributed by atoms with Crippen molar-refractivity contribution in [1.29, 1.82) is 0 Å². The molecular formula is C14H27ClN2O. The van der Waals surface area contributed by atoms with Crippen LogP contribution in [0.3, 0.4) is 0 Å². The van der Waals surface area contributed by atoms with E-state index in [1.165, 1.54) is 32.1 Å². The maximum absolute atomic E-state index is 12.5. The summed E-state index contributed by atoms with van der Waals surface area (Å²) >= 11 is 0. The lowest BCUT2D eigenvalue weighted by molar-refractivity contribution is -0.139. The number of carbonyl (C=O) groups excluding carboxylic acids is 1. The predicted octanol–water partition coefficient (Wildman–Crippen LogP) is 2.72. The molecule has 3 nitrogen and oxygen atoms in total. The van der Waals surface area contributed by atoms with Crippen LogP contribution in [0.2, 0.25) is 0 Å². The van der Waals surface area contributed by atoms with E-state index in [-0.39, 0.29) is 24.4 Å². The van der Waals surface area contributed by atoms with Crippen molar-refractivity contribution < 1.29 is 4.79 Å². The van der Waals surface area contributed by atoms with E-state index in [0.717, 1.165) is 25.8 Å². The highest BCUT2D eigenvalue weighted by atomic mass is 35.5. The zero-order valence-electron chi connectivity index (χ0n) is 11.4.